The van der Waals surface area contributed by atoms with E-state index in [0.717, 1.165) is 22.3 Å². The van der Waals surface area contributed by atoms with Crippen molar-refractivity contribution in [1.82, 2.24) is 24.3 Å². The first kappa shape index (κ1) is 15.3. The van der Waals surface area contributed by atoms with Gasteiger partial charge in [0.2, 0.25) is 0 Å². The van der Waals surface area contributed by atoms with Gasteiger partial charge >= 0.3 is 0 Å². The monoisotopic (exact) mass is 364 g/mol. The summed E-state index contributed by atoms with van der Waals surface area (Å²) in [6.45, 7) is 0. The fourth-order valence-corrected chi connectivity index (χ4v) is 3.72. The number of hydrogen-bond acceptors (Lipinski definition) is 5. The number of anilines is 1. The maximum atomic E-state index is 12.6. The lowest BCUT2D eigenvalue weighted by Gasteiger charge is -2.03. The molecule has 0 saturated heterocycles. The third-order valence-corrected chi connectivity index (χ3v) is 5.26. The number of carbonyl (C=O) groups excluding carboxylic acids is 1. The molecule has 1 saturated carbocycles. The molecule has 1 N–H and O–H groups in total. The van der Waals surface area contributed by atoms with Crippen LogP contribution in [0.1, 0.15) is 29.2 Å². The standard InChI is InChI=1S/C18H16N6OS/c1-23-8-12(7-20-23)15-9-26-18(21-15)22-17(25)11-2-5-16-14(6-11)19-10-24(16)13-3-4-13/h2,5-10,13H,3-4H2,1H3,(H,21,22,25). The Morgan fingerprint density at radius 1 is 1.35 bits per heavy atom. The Hall–Kier alpha value is -3.00. The molecule has 0 radical (unpaired) electrons. The van der Waals surface area contributed by atoms with Crippen molar-refractivity contribution in [2.45, 2.75) is 18.9 Å². The van der Waals surface area contributed by atoms with Gasteiger partial charge < -0.3 is 4.57 Å². The van der Waals surface area contributed by atoms with E-state index in [9.17, 15) is 4.79 Å². The molecule has 8 heteroatoms. The molecule has 1 aromatic carbocycles. The van der Waals surface area contributed by atoms with E-state index in [1.54, 1.807) is 10.9 Å². The van der Waals surface area contributed by atoms with E-state index >= 15 is 0 Å². The van der Waals surface area contributed by atoms with Gasteiger partial charge in [-0.25, -0.2) is 9.97 Å². The Morgan fingerprint density at radius 2 is 2.23 bits per heavy atom. The van der Waals surface area contributed by atoms with E-state index in [1.807, 2.05) is 43.2 Å². The molecule has 1 fully saturated rings. The van der Waals surface area contributed by atoms with Gasteiger partial charge in [-0.2, -0.15) is 5.10 Å². The van der Waals surface area contributed by atoms with Crippen LogP contribution in [-0.2, 0) is 7.05 Å². The van der Waals surface area contributed by atoms with Gasteiger partial charge in [0.05, 0.1) is 29.3 Å². The van der Waals surface area contributed by atoms with Crippen molar-refractivity contribution in [2.75, 3.05) is 5.32 Å². The van der Waals surface area contributed by atoms with E-state index in [2.05, 4.69) is 25.0 Å². The van der Waals surface area contributed by atoms with Gasteiger partial charge in [-0.15, -0.1) is 11.3 Å². The number of hydrogen-bond donors (Lipinski definition) is 1. The summed E-state index contributed by atoms with van der Waals surface area (Å²) in [6.07, 6.45) is 7.93. The predicted molar refractivity (Wildman–Crippen MR) is 100 cm³/mol. The zero-order valence-electron chi connectivity index (χ0n) is 14.1. The average molecular weight is 364 g/mol. The molecule has 4 aromatic rings. The molecule has 7 nitrogen and oxygen atoms in total. The van der Waals surface area contributed by atoms with Crippen molar-refractivity contribution in [3.63, 3.8) is 0 Å². The van der Waals surface area contributed by atoms with Crippen molar-refractivity contribution in [3.05, 3.63) is 47.9 Å². The summed E-state index contributed by atoms with van der Waals surface area (Å²) < 4.78 is 3.92. The normalized spacial score (nSPS) is 14.0. The number of aryl methyl sites for hydroxylation is 1. The molecular formula is C18H16N6OS. The van der Waals surface area contributed by atoms with Crippen LogP contribution in [0, 0.1) is 0 Å². The molecule has 26 heavy (non-hydrogen) atoms. The van der Waals surface area contributed by atoms with E-state index in [1.165, 1.54) is 24.2 Å². The van der Waals surface area contributed by atoms with Gasteiger partial charge in [-0.1, -0.05) is 0 Å². The lowest BCUT2D eigenvalue weighted by atomic mass is 10.2. The van der Waals surface area contributed by atoms with Crippen LogP contribution in [0.25, 0.3) is 22.3 Å². The number of nitrogens with one attached hydrogen (secondary N) is 1. The second-order valence-corrected chi connectivity index (χ2v) is 7.34. The van der Waals surface area contributed by atoms with Gasteiger partial charge in [0.25, 0.3) is 5.91 Å². The number of thiazole rings is 1. The number of aromatic nitrogens is 5. The summed E-state index contributed by atoms with van der Waals surface area (Å²) in [5.41, 5.74) is 4.24. The molecule has 130 valence electrons. The number of benzene rings is 1. The average Bonchev–Trinajstić information content (AvgIpc) is 3.05. The molecule has 0 bridgehead atoms. The van der Waals surface area contributed by atoms with Crippen LogP contribution in [0.15, 0.2) is 42.3 Å². The van der Waals surface area contributed by atoms with Gasteiger partial charge in [-0.05, 0) is 31.0 Å². The molecule has 5 rings (SSSR count). The number of fused-ring (bicyclic) bond motifs is 1. The molecule has 0 aliphatic heterocycles. The summed E-state index contributed by atoms with van der Waals surface area (Å²) in [7, 11) is 1.86. The first-order valence-corrected chi connectivity index (χ1v) is 9.28. The molecule has 0 unspecified atom stereocenters. The van der Waals surface area contributed by atoms with Crippen molar-refractivity contribution in [3.8, 4) is 11.3 Å². The molecule has 1 aliphatic rings. The van der Waals surface area contributed by atoms with Gasteiger partial charge in [0.15, 0.2) is 5.13 Å². The topological polar surface area (TPSA) is 77.6 Å². The summed E-state index contributed by atoms with van der Waals surface area (Å²) >= 11 is 1.40. The molecule has 1 amide bonds. The minimum Gasteiger partial charge on any atom is -0.327 e. The van der Waals surface area contributed by atoms with Crippen molar-refractivity contribution in [2.24, 2.45) is 7.05 Å². The van der Waals surface area contributed by atoms with Gasteiger partial charge in [-0.3, -0.25) is 14.8 Å². The molecule has 3 aromatic heterocycles. The number of amides is 1. The minimum atomic E-state index is -0.181. The first-order valence-electron chi connectivity index (χ1n) is 8.40. The largest absolute Gasteiger partial charge is 0.327 e. The Balaban J connectivity index is 1.37. The third-order valence-electron chi connectivity index (χ3n) is 4.50. The Kier molecular flexibility index (Phi) is 3.39. The summed E-state index contributed by atoms with van der Waals surface area (Å²) in [5, 5.41) is 9.49. The fourth-order valence-electron chi connectivity index (χ4n) is 3.00. The molecular weight excluding hydrogens is 348 g/mol. The zero-order chi connectivity index (χ0) is 17.7. The quantitative estimate of drug-likeness (QED) is 0.601. The van der Waals surface area contributed by atoms with Crippen LogP contribution in [0.5, 0.6) is 0 Å². The maximum Gasteiger partial charge on any atom is 0.257 e. The molecule has 3 heterocycles. The number of rotatable bonds is 4. The fraction of sp³-hybridized carbons (Fsp3) is 0.222. The summed E-state index contributed by atoms with van der Waals surface area (Å²) in [6, 6.07) is 6.21. The number of nitrogens with zero attached hydrogens (tertiary/aromatic N) is 5. The Labute approximate surface area is 153 Å². The maximum absolute atomic E-state index is 12.6. The highest BCUT2D eigenvalue weighted by atomic mass is 32.1. The smallest absolute Gasteiger partial charge is 0.257 e. The van der Waals surface area contributed by atoms with Crippen LogP contribution >= 0.6 is 11.3 Å². The molecule has 0 atom stereocenters. The van der Waals surface area contributed by atoms with E-state index in [4.69, 9.17) is 0 Å². The van der Waals surface area contributed by atoms with Crippen LogP contribution in [0.3, 0.4) is 0 Å². The van der Waals surface area contributed by atoms with Crippen molar-refractivity contribution in [1.29, 1.82) is 0 Å². The molecule has 1 aliphatic carbocycles. The van der Waals surface area contributed by atoms with Gasteiger partial charge in [0, 0.05) is 35.8 Å². The number of carbonyl (C=O) groups is 1. The van der Waals surface area contributed by atoms with Crippen LogP contribution in [0.2, 0.25) is 0 Å². The lowest BCUT2D eigenvalue weighted by molar-refractivity contribution is 0.102. The van der Waals surface area contributed by atoms with Crippen molar-refractivity contribution < 1.29 is 4.79 Å². The second-order valence-electron chi connectivity index (χ2n) is 6.48. The van der Waals surface area contributed by atoms with E-state index in [-0.39, 0.29) is 5.91 Å². The van der Waals surface area contributed by atoms with Crippen LogP contribution in [-0.4, -0.2) is 30.2 Å². The number of imidazole rings is 1. The highest BCUT2D eigenvalue weighted by molar-refractivity contribution is 7.14. The first-order chi connectivity index (χ1) is 12.7. The predicted octanol–water partition coefficient (Wildman–Crippen LogP) is 3.48. The van der Waals surface area contributed by atoms with Gasteiger partial charge in [0.1, 0.15) is 0 Å². The Morgan fingerprint density at radius 3 is 3.00 bits per heavy atom. The Bertz CT molecular complexity index is 1120. The zero-order valence-corrected chi connectivity index (χ0v) is 14.9. The highest BCUT2D eigenvalue weighted by Crippen LogP contribution is 2.37. The van der Waals surface area contributed by atoms with Crippen molar-refractivity contribution >= 4 is 33.4 Å². The highest BCUT2D eigenvalue weighted by Gasteiger charge is 2.25. The van der Waals surface area contributed by atoms with Crippen LogP contribution < -0.4 is 5.32 Å². The minimum absolute atomic E-state index is 0.181. The summed E-state index contributed by atoms with van der Waals surface area (Å²) in [4.78, 5) is 21.5. The second kappa shape index (κ2) is 5.77. The summed E-state index contributed by atoms with van der Waals surface area (Å²) in [5.74, 6) is -0.181. The molecule has 0 spiro atoms. The van der Waals surface area contributed by atoms with E-state index < -0.39 is 0 Å². The third kappa shape index (κ3) is 2.68. The van der Waals surface area contributed by atoms with E-state index in [0.29, 0.717) is 16.7 Å². The SMILES string of the molecule is Cn1cc(-c2csc(NC(=O)c3ccc4c(c3)ncn4C3CC3)n2)cn1. The lowest BCUT2D eigenvalue weighted by Crippen LogP contribution is -2.11. The van der Waals surface area contributed by atoms with Crippen LogP contribution in [0.4, 0.5) is 5.13 Å².